The van der Waals surface area contributed by atoms with Crippen LogP contribution in [-0.2, 0) is 6.54 Å². The fraction of sp³-hybridized carbons (Fsp3) is 0.143. The van der Waals surface area contributed by atoms with Crippen molar-refractivity contribution in [3.63, 3.8) is 0 Å². The van der Waals surface area contributed by atoms with Crippen LogP contribution in [-0.4, -0.2) is 27.6 Å². The van der Waals surface area contributed by atoms with Gasteiger partial charge in [-0.3, -0.25) is 9.59 Å². The van der Waals surface area contributed by atoms with Crippen LogP contribution in [0.4, 0.5) is 0 Å². The van der Waals surface area contributed by atoms with Crippen molar-refractivity contribution in [3.8, 4) is 16.3 Å². The number of ether oxygens (including phenoxy) is 1. The number of hydrogen-bond acceptors (Lipinski definition) is 6. The van der Waals surface area contributed by atoms with E-state index in [0.29, 0.717) is 27.0 Å². The van der Waals surface area contributed by atoms with Crippen LogP contribution < -0.4 is 15.6 Å². The molecule has 0 aliphatic rings. The molecular weight excluding hydrogens is 388 g/mol. The summed E-state index contributed by atoms with van der Waals surface area (Å²) in [7, 11) is 1.55. The highest BCUT2D eigenvalue weighted by molar-refractivity contribution is 7.19. The smallest absolute Gasteiger partial charge is 0.275 e. The molecule has 146 valence electrons. The number of rotatable bonds is 5. The highest BCUT2D eigenvalue weighted by atomic mass is 32.1. The fourth-order valence-electron chi connectivity index (χ4n) is 2.80. The Hall–Kier alpha value is -3.52. The topological polar surface area (TPSA) is 85.6 Å². The van der Waals surface area contributed by atoms with E-state index in [1.54, 1.807) is 31.4 Å². The van der Waals surface area contributed by atoms with E-state index in [-0.39, 0.29) is 18.0 Å². The third kappa shape index (κ3) is 4.02. The highest BCUT2D eigenvalue weighted by Gasteiger charge is 2.12. The number of carbonyl (C=O) groups excluding carboxylic acids is 1. The number of fused-ring (bicyclic) bond motifs is 1. The largest absolute Gasteiger partial charge is 0.497 e. The maximum Gasteiger partial charge on any atom is 0.275 e. The fourth-order valence-corrected chi connectivity index (χ4v) is 3.73. The van der Waals surface area contributed by atoms with Crippen molar-refractivity contribution in [2.45, 2.75) is 13.5 Å². The van der Waals surface area contributed by atoms with Crippen molar-refractivity contribution >= 4 is 22.2 Å². The average Bonchev–Trinajstić information content (AvgIpc) is 3.17. The van der Waals surface area contributed by atoms with Crippen molar-refractivity contribution in [1.29, 1.82) is 0 Å². The summed E-state index contributed by atoms with van der Waals surface area (Å²) >= 11 is 1.33. The van der Waals surface area contributed by atoms with Crippen molar-refractivity contribution in [2.24, 2.45) is 0 Å². The summed E-state index contributed by atoms with van der Waals surface area (Å²) in [4.78, 5) is 29.8. The number of hydrogen-bond donors (Lipinski definition) is 1. The molecule has 0 aliphatic heterocycles. The van der Waals surface area contributed by atoms with Gasteiger partial charge < -0.3 is 10.1 Å². The minimum absolute atomic E-state index is 0.138. The van der Waals surface area contributed by atoms with Crippen molar-refractivity contribution in [2.75, 3.05) is 7.11 Å². The summed E-state index contributed by atoms with van der Waals surface area (Å²) < 4.78 is 6.42. The minimum Gasteiger partial charge on any atom is -0.497 e. The van der Waals surface area contributed by atoms with Crippen molar-refractivity contribution in [3.05, 3.63) is 81.8 Å². The van der Waals surface area contributed by atoms with Gasteiger partial charge in [-0.15, -0.1) is 0 Å². The second-order valence-electron chi connectivity index (χ2n) is 6.47. The zero-order chi connectivity index (χ0) is 20.4. The van der Waals surface area contributed by atoms with Crippen LogP contribution in [0.25, 0.3) is 15.5 Å². The minimum atomic E-state index is -0.282. The van der Waals surface area contributed by atoms with Crippen LogP contribution in [0, 0.1) is 6.92 Å². The first-order valence-corrected chi connectivity index (χ1v) is 9.74. The van der Waals surface area contributed by atoms with Gasteiger partial charge in [0.2, 0.25) is 4.96 Å². The Morgan fingerprint density at radius 3 is 2.72 bits per heavy atom. The third-order valence-electron chi connectivity index (χ3n) is 4.36. The third-order valence-corrected chi connectivity index (χ3v) is 5.32. The molecule has 0 fully saturated rings. The summed E-state index contributed by atoms with van der Waals surface area (Å²) in [5, 5.41) is 7.87. The van der Waals surface area contributed by atoms with Crippen molar-refractivity contribution in [1.82, 2.24) is 19.9 Å². The lowest BCUT2D eigenvalue weighted by atomic mass is 10.2. The number of methoxy groups -OCH3 is 1. The molecule has 4 aromatic rings. The summed E-state index contributed by atoms with van der Waals surface area (Å²) in [5.74, 6) is 0.333. The van der Waals surface area contributed by atoms with Gasteiger partial charge in [-0.2, -0.15) is 9.61 Å². The summed E-state index contributed by atoms with van der Waals surface area (Å²) in [6.45, 7) is 2.15. The molecule has 0 unspecified atom stereocenters. The molecule has 2 heterocycles. The first-order chi connectivity index (χ1) is 14.0. The molecule has 0 spiro atoms. The average molecular weight is 406 g/mol. The molecule has 1 N–H and O–H groups in total. The van der Waals surface area contributed by atoms with Gasteiger partial charge in [0.1, 0.15) is 10.8 Å². The molecule has 2 aromatic heterocycles. The number of aryl methyl sites for hydroxylation is 1. The normalized spacial score (nSPS) is 10.8. The molecular formula is C21H18N4O3S. The predicted molar refractivity (Wildman–Crippen MR) is 111 cm³/mol. The standard InChI is InChI=1S/C21H18N4O3S/c1-13-6-8-14(9-7-13)20-24-25-18(26)11-16(23-21(25)29-20)12-22-19(27)15-4-3-5-17(10-15)28-2/h3-11H,12H2,1-2H3,(H,22,27). The van der Waals surface area contributed by atoms with Gasteiger partial charge in [-0.05, 0) is 25.1 Å². The van der Waals surface area contributed by atoms with Crippen LogP contribution in [0.15, 0.2) is 59.4 Å². The number of amides is 1. The van der Waals surface area contributed by atoms with Gasteiger partial charge in [-0.25, -0.2) is 4.98 Å². The number of nitrogens with zero attached hydrogens (tertiary/aromatic N) is 3. The molecule has 0 radical (unpaired) electrons. The van der Waals surface area contributed by atoms with Crippen molar-refractivity contribution < 1.29 is 9.53 Å². The molecule has 0 aliphatic carbocycles. The van der Waals surface area contributed by atoms with E-state index in [0.717, 1.165) is 11.1 Å². The van der Waals surface area contributed by atoms with Gasteiger partial charge in [0.25, 0.3) is 11.5 Å². The first-order valence-electron chi connectivity index (χ1n) is 8.92. The van der Waals surface area contributed by atoms with Gasteiger partial charge in [0.15, 0.2) is 0 Å². The maximum absolute atomic E-state index is 12.4. The van der Waals surface area contributed by atoms with Crippen LogP contribution in [0.5, 0.6) is 5.75 Å². The molecule has 29 heavy (non-hydrogen) atoms. The van der Waals surface area contributed by atoms with Crippen LogP contribution >= 0.6 is 11.3 Å². The Kier molecular flexibility index (Phi) is 5.09. The van der Waals surface area contributed by atoms with E-state index in [9.17, 15) is 9.59 Å². The van der Waals surface area contributed by atoms with E-state index in [4.69, 9.17) is 4.74 Å². The molecule has 4 rings (SSSR count). The summed E-state index contributed by atoms with van der Waals surface area (Å²) in [6, 6.07) is 16.2. The molecule has 2 aromatic carbocycles. The Balaban J connectivity index is 1.56. The monoisotopic (exact) mass is 406 g/mol. The first kappa shape index (κ1) is 18.8. The molecule has 0 atom stereocenters. The van der Waals surface area contributed by atoms with E-state index in [1.165, 1.54) is 21.9 Å². The summed E-state index contributed by atoms with van der Waals surface area (Å²) in [6.07, 6.45) is 0. The predicted octanol–water partition coefficient (Wildman–Crippen LogP) is 3.07. The number of nitrogens with one attached hydrogen (secondary N) is 1. The SMILES string of the molecule is COc1cccc(C(=O)NCc2cc(=O)n3nc(-c4ccc(C)cc4)sc3n2)c1. The Labute approximate surface area is 170 Å². The van der Waals surface area contributed by atoms with E-state index in [2.05, 4.69) is 15.4 Å². The van der Waals surface area contributed by atoms with Gasteiger partial charge in [-0.1, -0.05) is 47.2 Å². The summed E-state index contributed by atoms with van der Waals surface area (Å²) in [5.41, 5.74) is 2.75. The lowest BCUT2D eigenvalue weighted by Gasteiger charge is -2.06. The van der Waals surface area contributed by atoms with Crippen LogP contribution in [0.1, 0.15) is 21.6 Å². The van der Waals surface area contributed by atoms with E-state index < -0.39 is 0 Å². The quantitative estimate of drug-likeness (QED) is 0.551. The van der Waals surface area contributed by atoms with E-state index in [1.807, 2.05) is 31.2 Å². The lowest BCUT2D eigenvalue weighted by Crippen LogP contribution is -2.25. The molecule has 8 heteroatoms. The van der Waals surface area contributed by atoms with Gasteiger partial charge in [0.05, 0.1) is 19.3 Å². The second kappa shape index (κ2) is 7.84. The lowest BCUT2D eigenvalue weighted by molar-refractivity contribution is 0.0950. The Bertz CT molecular complexity index is 1250. The molecule has 1 amide bonds. The molecule has 0 saturated heterocycles. The Morgan fingerprint density at radius 1 is 1.17 bits per heavy atom. The van der Waals surface area contributed by atoms with Crippen LogP contribution in [0.2, 0.25) is 0 Å². The number of aromatic nitrogens is 3. The molecule has 0 bridgehead atoms. The zero-order valence-corrected chi connectivity index (χ0v) is 16.7. The van der Waals surface area contributed by atoms with Crippen LogP contribution in [0.3, 0.4) is 0 Å². The zero-order valence-electron chi connectivity index (χ0n) is 15.9. The Morgan fingerprint density at radius 2 is 1.97 bits per heavy atom. The maximum atomic E-state index is 12.4. The molecule has 0 saturated carbocycles. The second-order valence-corrected chi connectivity index (χ2v) is 7.42. The van der Waals surface area contributed by atoms with E-state index >= 15 is 0 Å². The molecule has 7 nitrogen and oxygen atoms in total. The number of benzene rings is 2. The van der Waals surface area contributed by atoms with Gasteiger partial charge >= 0.3 is 0 Å². The highest BCUT2D eigenvalue weighted by Crippen LogP contribution is 2.24. The van der Waals surface area contributed by atoms with Gasteiger partial charge in [0, 0.05) is 17.2 Å². The number of carbonyl (C=O) groups is 1.